The van der Waals surface area contributed by atoms with Gasteiger partial charge in [0, 0.05) is 34.9 Å². The van der Waals surface area contributed by atoms with Crippen LogP contribution in [0, 0.1) is 29.4 Å². The molecule has 1 unspecified atom stereocenters. The Kier molecular flexibility index (Phi) is 14.8. The largest absolute Gasteiger partial charge is 0.481 e. The first-order valence-electron chi connectivity index (χ1n) is 21.8. The number of sulfone groups is 1. The van der Waals surface area contributed by atoms with E-state index in [1.807, 2.05) is 0 Å². The number of rotatable bonds is 16. The number of carbonyl (C=O) groups excluding carboxylic acids is 2. The van der Waals surface area contributed by atoms with E-state index in [2.05, 4.69) is 32.3 Å². The lowest BCUT2D eigenvalue weighted by molar-refractivity contribution is -0.143. The fourth-order valence-electron chi connectivity index (χ4n) is 8.51. The number of pyridine rings is 1. The van der Waals surface area contributed by atoms with Gasteiger partial charge >= 0.3 is 30.4 Å². The molecule has 2 aliphatic carbocycles. The predicted octanol–water partition coefficient (Wildman–Crippen LogP) is 7.51. The summed E-state index contributed by atoms with van der Waals surface area (Å²) < 4.78 is 202. The average molecular weight is 1140 g/mol. The summed E-state index contributed by atoms with van der Waals surface area (Å²) in [6, 6.07) is 4.14. The molecule has 2 amide bonds. The van der Waals surface area contributed by atoms with Crippen molar-refractivity contribution in [3.8, 4) is 23.0 Å². The van der Waals surface area contributed by atoms with Crippen molar-refractivity contribution in [1.82, 2.24) is 29.9 Å². The van der Waals surface area contributed by atoms with Crippen molar-refractivity contribution in [2.45, 2.75) is 93.7 Å². The van der Waals surface area contributed by atoms with Gasteiger partial charge in [-0.25, -0.2) is 35.4 Å². The Labute approximate surface area is 427 Å². The lowest BCUT2D eigenvalue weighted by atomic mass is 9.93. The molecule has 18 nitrogen and oxygen atoms in total. The molecule has 3 N–H and O–H groups in total. The highest BCUT2D eigenvalue weighted by Crippen LogP contribution is 2.68. The molecule has 3 atom stereocenters. The molecule has 1 saturated carbocycles. The van der Waals surface area contributed by atoms with E-state index < -0.39 is 190 Å². The number of hydrogen-bond donors (Lipinski definition) is 3. The highest BCUT2D eigenvalue weighted by Gasteiger charge is 2.68. The molecule has 3 heterocycles. The third kappa shape index (κ3) is 11.8. The van der Waals surface area contributed by atoms with Crippen LogP contribution in [-0.2, 0) is 70.6 Å². The molecule has 2 aliphatic rings. The topological polar surface area (TPSA) is 250 Å². The van der Waals surface area contributed by atoms with Crippen LogP contribution in [0.3, 0.4) is 0 Å². The number of aromatic nitrogens is 5. The highest BCUT2D eigenvalue weighted by atomic mass is 35.5. The maximum atomic E-state index is 15.6. The summed E-state index contributed by atoms with van der Waals surface area (Å²) >= 11 is 6.57. The molecule has 0 aliphatic heterocycles. The summed E-state index contributed by atoms with van der Waals surface area (Å²) in [5, 5.41) is 26.7. The number of nitrogens with one attached hydrogen (secondary N) is 1. The van der Waals surface area contributed by atoms with Crippen molar-refractivity contribution in [3.05, 3.63) is 93.0 Å². The van der Waals surface area contributed by atoms with Crippen molar-refractivity contribution >= 4 is 72.1 Å². The zero-order chi connectivity index (χ0) is 56.6. The Balaban J connectivity index is 1.48. The maximum absolute atomic E-state index is 15.6. The van der Waals surface area contributed by atoms with Gasteiger partial charge in [-0.15, -0.1) is 0 Å². The summed E-state index contributed by atoms with van der Waals surface area (Å²) in [6.07, 6.45) is -17.0. The molecule has 3 aromatic heterocycles. The van der Waals surface area contributed by atoms with Crippen molar-refractivity contribution in [2.24, 2.45) is 5.92 Å². The molecule has 1 fully saturated rings. The Morgan fingerprint density at radius 3 is 2.08 bits per heavy atom. The van der Waals surface area contributed by atoms with E-state index in [4.69, 9.17) is 16.3 Å². The second kappa shape index (κ2) is 19.9. The Morgan fingerprint density at radius 1 is 0.921 bits per heavy atom. The second-order valence-electron chi connectivity index (χ2n) is 18.2. The average Bonchev–Trinajstić information content (AvgIpc) is 3.76. The van der Waals surface area contributed by atoms with Gasteiger partial charge in [0.15, 0.2) is 21.3 Å². The van der Waals surface area contributed by atoms with Crippen molar-refractivity contribution < 1.29 is 94.9 Å². The lowest BCUT2D eigenvalue weighted by Crippen LogP contribution is -2.40. The molecule has 0 bridgehead atoms. The van der Waals surface area contributed by atoms with E-state index in [0.717, 1.165) is 42.7 Å². The number of carbonyl (C=O) groups is 4. The van der Waals surface area contributed by atoms with Crippen LogP contribution in [0.25, 0.3) is 22.0 Å². The molecule has 7 rings (SSSR count). The minimum absolute atomic E-state index is 0.103. The highest BCUT2D eigenvalue weighted by molar-refractivity contribution is 7.93. The van der Waals surface area contributed by atoms with Crippen LogP contribution in [0.1, 0.15) is 79.0 Å². The minimum Gasteiger partial charge on any atom is -0.481 e. The molecular weight excluding hydrogens is 1100 g/mol. The fraction of sp³-hybridized carbons (Fsp3) is 0.400. The zero-order valence-corrected chi connectivity index (χ0v) is 41.7. The normalized spacial score (nSPS) is 16.6. The number of benzene rings is 2. The number of hydrogen-bond acceptors (Lipinski definition) is 12. The first-order chi connectivity index (χ1) is 34.9. The summed E-state index contributed by atoms with van der Waals surface area (Å²) in [4.78, 5) is 55.4. The SMILES string of the molecule is CC(C)(C#Cc1ccc(-c2ccc(Cl)c3c(N(C(=O)OC(CC(=O)O)CC(=O)O)S(C)(=O)=O)nn(CC(F)(F)F)c23)c(C(Cc2cc(F)cc(F)c2)NC(=O)Cn2nc(C(F)(F)F)c3c2C(F)(F)[C@@H]2C[C@H]32)n1)S(C)(=O)=O. The van der Waals surface area contributed by atoms with Crippen LogP contribution in [0.2, 0.25) is 5.02 Å². The number of ether oxygens (including phenoxy) is 1. The molecule has 31 heteroatoms. The van der Waals surface area contributed by atoms with Gasteiger partial charge in [0.2, 0.25) is 15.9 Å². The third-order valence-corrected chi connectivity index (χ3v) is 15.3. The monoisotopic (exact) mass is 1140 g/mol. The van der Waals surface area contributed by atoms with E-state index in [0.29, 0.717) is 12.3 Å². The maximum Gasteiger partial charge on any atom is 0.435 e. The number of halogens is 11. The van der Waals surface area contributed by atoms with Crippen molar-refractivity contribution in [2.75, 3.05) is 16.8 Å². The first-order valence-corrected chi connectivity index (χ1v) is 25.9. The summed E-state index contributed by atoms with van der Waals surface area (Å²) in [7, 11) is -9.10. The van der Waals surface area contributed by atoms with Gasteiger partial charge in [-0.1, -0.05) is 23.6 Å². The van der Waals surface area contributed by atoms with Gasteiger partial charge in [0.05, 0.1) is 46.8 Å². The summed E-state index contributed by atoms with van der Waals surface area (Å²) in [5.74, 6) is -10.1. The van der Waals surface area contributed by atoms with Gasteiger partial charge in [0.1, 0.15) is 47.0 Å². The number of fused-ring (bicyclic) bond motifs is 4. The Hall–Kier alpha value is -7.00. The number of sulfonamides is 1. The molecule has 408 valence electrons. The van der Waals surface area contributed by atoms with Crippen molar-refractivity contribution in [1.29, 1.82) is 0 Å². The molecule has 0 spiro atoms. The third-order valence-electron chi connectivity index (χ3n) is 12.1. The Morgan fingerprint density at radius 2 is 1.53 bits per heavy atom. The smallest absolute Gasteiger partial charge is 0.435 e. The minimum atomic E-state index is -5.26. The first kappa shape index (κ1) is 56.7. The van der Waals surface area contributed by atoms with Crippen LogP contribution >= 0.6 is 11.6 Å². The standard InChI is InChI=1S/C45H38ClF10N7O11S2/c1-42(2,75(3,70)71)10-9-23-5-6-25(26-7-8-29(46)35-37(26)62(19-43(49,50)51)60-40(35)63(76(4,72)73)41(69)74-24(15-32(65)66)16-33(67)68)36(57-23)30(13-20-11-21(47)14-22(48)12-20)58-31(64)18-61-39-34(38(59-61)45(54,55)56)27-17-28(27)44(39,52)53/h5-8,11-12,14,24,27-28,30H,13,15-19H2,1-4H3,(H,58,64)(H,65,66)(H,67,68)/t27-,28+,30?/m0/s1. The lowest BCUT2D eigenvalue weighted by Gasteiger charge is -2.23. The predicted molar refractivity (Wildman–Crippen MR) is 245 cm³/mol. The van der Waals surface area contributed by atoms with Gasteiger partial charge in [-0.2, -0.15) is 49.6 Å². The molecule has 5 aromatic rings. The molecule has 2 aromatic carbocycles. The van der Waals surface area contributed by atoms with Crippen LogP contribution in [0.15, 0.2) is 42.5 Å². The van der Waals surface area contributed by atoms with E-state index in [-0.39, 0.29) is 31.3 Å². The van der Waals surface area contributed by atoms with Crippen LogP contribution in [0.5, 0.6) is 0 Å². The Bertz CT molecular complexity index is 3500. The molecule has 76 heavy (non-hydrogen) atoms. The molecule has 0 saturated heterocycles. The second-order valence-corrected chi connectivity index (χ2v) is 23.0. The van der Waals surface area contributed by atoms with Crippen LogP contribution in [-0.4, -0.2) is 105 Å². The van der Waals surface area contributed by atoms with Crippen LogP contribution < -0.4 is 9.62 Å². The molecular formula is C45H38ClF10N7O11S2. The van der Waals surface area contributed by atoms with E-state index in [1.165, 1.54) is 13.8 Å². The van der Waals surface area contributed by atoms with Gasteiger partial charge in [-0.05, 0) is 74.4 Å². The van der Waals surface area contributed by atoms with Crippen molar-refractivity contribution in [3.63, 3.8) is 0 Å². The summed E-state index contributed by atoms with van der Waals surface area (Å²) in [5.41, 5.74) is -6.68. The molecule has 0 radical (unpaired) electrons. The van der Waals surface area contributed by atoms with Gasteiger partial charge in [0.25, 0.3) is 5.92 Å². The number of carboxylic acids is 2. The van der Waals surface area contributed by atoms with E-state index in [1.54, 1.807) is 0 Å². The fourth-order valence-corrected chi connectivity index (χ4v) is 9.74. The zero-order valence-electron chi connectivity index (χ0n) is 39.3. The van der Waals surface area contributed by atoms with Gasteiger partial charge < -0.3 is 20.3 Å². The summed E-state index contributed by atoms with van der Waals surface area (Å²) in [6.45, 7) is -1.09. The van der Waals surface area contributed by atoms with E-state index >= 15 is 8.78 Å². The quantitative estimate of drug-likeness (QED) is 0.0639. The number of amides is 2. The van der Waals surface area contributed by atoms with Gasteiger partial charge in [-0.3, -0.25) is 23.7 Å². The number of carboxylic acid groups (broad SMARTS) is 2. The number of alkyl halides is 8. The van der Waals surface area contributed by atoms with E-state index in [9.17, 15) is 81.4 Å². The number of nitrogens with zero attached hydrogens (tertiary/aromatic N) is 6. The van der Waals surface area contributed by atoms with Crippen LogP contribution in [0.4, 0.5) is 54.5 Å². The number of aliphatic carboxylic acids is 2. The number of anilines is 1.